The summed E-state index contributed by atoms with van der Waals surface area (Å²) in [5, 5.41) is 12.1. The molecule has 0 bridgehead atoms. The maximum absolute atomic E-state index is 12.5. The maximum Gasteiger partial charge on any atom is 0.275 e. The van der Waals surface area contributed by atoms with Crippen molar-refractivity contribution >= 4 is 22.6 Å². The molecule has 3 rings (SSSR count). The molecule has 0 unspecified atom stereocenters. The molecule has 0 aliphatic heterocycles. The molecule has 1 amide bonds. The minimum atomic E-state index is -0.384. The molecule has 7 nitrogen and oxygen atoms in total. The highest BCUT2D eigenvalue weighted by Gasteiger charge is 2.16. The molecule has 2 aromatic heterocycles. The number of benzene rings is 1. The summed E-state index contributed by atoms with van der Waals surface area (Å²) < 4.78 is 6.30. The van der Waals surface area contributed by atoms with Gasteiger partial charge in [0, 0.05) is 10.9 Å². The van der Waals surface area contributed by atoms with Gasteiger partial charge in [0.05, 0.1) is 16.8 Å². The van der Waals surface area contributed by atoms with Gasteiger partial charge in [0.15, 0.2) is 0 Å². The van der Waals surface area contributed by atoms with Gasteiger partial charge in [0.2, 0.25) is 11.8 Å². The number of hydrogen-bond donors (Lipinski definition) is 1. The van der Waals surface area contributed by atoms with Gasteiger partial charge in [-0.05, 0) is 26.3 Å². The molecule has 0 radical (unpaired) electrons. The van der Waals surface area contributed by atoms with Gasteiger partial charge < -0.3 is 4.52 Å². The monoisotopic (exact) mass is 326 g/mol. The van der Waals surface area contributed by atoms with Gasteiger partial charge >= 0.3 is 0 Å². The molecule has 7 heteroatoms. The van der Waals surface area contributed by atoms with Crippen molar-refractivity contribution < 1.29 is 9.32 Å². The van der Waals surface area contributed by atoms with E-state index in [-0.39, 0.29) is 18.0 Å². The summed E-state index contributed by atoms with van der Waals surface area (Å²) in [5.41, 5.74) is 1.99. The van der Waals surface area contributed by atoms with Crippen LogP contribution in [-0.4, -0.2) is 20.8 Å². The molecule has 1 aromatic carbocycles. The lowest BCUT2D eigenvalue weighted by atomic mass is 10.1. The minimum absolute atomic E-state index is 0.187. The zero-order valence-corrected chi connectivity index (χ0v) is 13.8. The highest BCUT2D eigenvalue weighted by atomic mass is 16.5. The Morgan fingerprint density at radius 3 is 2.62 bits per heavy atom. The third kappa shape index (κ3) is 2.80. The van der Waals surface area contributed by atoms with Gasteiger partial charge in [-0.2, -0.15) is 5.10 Å². The Kier molecular flexibility index (Phi) is 4.16. The lowest BCUT2D eigenvalue weighted by Gasteiger charge is -2.08. The highest BCUT2D eigenvalue weighted by molar-refractivity contribution is 5.90. The molecule has 3 aromatic rings. The van der Waals surface area contributed by atoms with Gasteiger partial charge in [-0.25, -0.2) is 4.68 Å². The number of nitrogens with zero attached hydrogens (tertiary/aromatic N) is 3. The number of amides is 1. The summed E-state index contributed by atoms with van der Waals surface area (Å²) in [4.78, 5) is 24.7. The van der Waals surface area contributed by atoms with Crippen LogP contribution in [0.2, 0.25) is 0 Å². The van der Waals surface area contributed by atoms with Crippen molar-refractivity contribution in [2.24, 2.45) is 0 Å². The molecule has 0 fully saturated rings. The molecule has 0 atom stereocenters. The summed E-state index contributed by atoms with van der Waals surface area (Å²) in [7, 11) is 0. The standard InChI is InChI=1S/C17H18N4O3/c1-4-12-11(3)20-24-16(12)18-15(22)9-21-17(23)14-8-6-5-7-13(14)10(2)19-21/h5-8H,4,9H2,1-3H3,(H,18,22). The van der Waals surface area contributed by atoms with Crippen molar-refractivity contribution in [3.63, 3.8) is 0 Å². The van der Waals surface area contributed by atoms with Crippen LogP contribution in [0.25, 0.3) is 10.8 Å². The van der Waals surface area contributed by atoms with Crippen molar-refractivity contribution in [1.29, 1.82) is 0 Å². The quantitative estimate of drug-likeness (QED) is 0.794. The fraction of sp³-hybridized carbons (Fsp3) is 0.294. The number of aromatic nitrogens is 3. The molecular formula is C17H18N4O3. The zero-order chi connectivity index (χ0) is 17.3. The Morgan fingerprint density at radius 1 is 1.21 bits per heavy atom. The van der Waals surface area contributed by atoms with Crippen LogP contribution in [0.3, 0.4) is 0 Å². The van der Waals surface area contributed by atoms with Gasteiger partial charge in [-0.1, -0.05) is 30.3 Å². The summed E-state index contributed by atoms with van der Waals surface area (Å²) in [6.07, 6.45) is 0.693. The largest absolute Gasteiger partial charge is 0.338 e. The zero-order valence-electron chi connectivity index (χ0n) is 13.8. The van der Waals surface area contributed by atoms with Gasteiger partial charge in [0.1, 0.15) is 6.54 Å². The first-order valence-corrected chi connectivity index (χ1v) is 7.72. The van der Waals surface area contributed by atoms with E-state index in [0.717, 1.165) is 16.6 Å². The van der Waals surface area contributed by atoms with Crippen LogP contribution in [-0.2, 0) is 17.8 Å². The Labute approximate surface area is 138 Å². The number of fused-ring (bicyclic) bond motifs is 1. The van der Waals surface area contributed by atoms with Crippen LogP contribution in [0, 0.1) is 13.8 Å². The fourth-order valence-electron chi connectivity index (χ4n) is 2.72. The summed E-state index contributed by atoms with van der Waals surface area (Å²) in [6, 6.07) is 7.22. The van der Waals surface area contributed by atoms with Crippen LogP contribution in [0.5, 0.6) is 0 Å². The smallest absolute Gasteiger partial charge is 0.275 e. The average Bonchev–Trinajstić information content (AvgIpc) is 2.92. The number of aryl methyl sites for hydroxylation is 2. The van der Waals surface area contributed by atoms with Crippen molar-refractivity contribution in [2.75, 3.05) is 5.32 Å². The number of hydrogen-bond acceptors (Lipinski definition) is 5. The molecule has 2 heterocycles. The van der Waals surface area contributed by atoms with E-state index >= 15 is 0 Å². The topological polar surface area (TPSA) is 90.0 Å². The van der Waals surface area contributed by atoms with E-state index < -0.39 is 0 Å². The van der Waals surface area contributed by atoms with Crippen LogP contribution in [0.4, 0.5) is 5.88 Å². The molecule has 0 spiro atoms. The number of carbonyl (C=O) groups is 1. The average molecular weight is 326 g/mol. The van der Waals surface area contributed by atoms with Crippen molar-refractivity contribution in [2.45, 2.75) is 33.7 Å². The maximum atomic E-state index is 12.5. The fourth-order valence-corrected chi connectivity index (χ4v) is 2.72. The number of nitrogens with one attached hydrogen (secondary N) is 1. The predicted molar refractivity (Wildman–Crippen MR) is 90.0 cm³/mol. The lowest BCUT2D eigenvalue weighted by Crippen LogP contribution is -2.30. The van der Waals surface area contributed by atoms with Crippen LogP contribution >= 0.6 is 0 Å². The molecule has 24 heavy (non-hydrogen) atoms. The van der Waals surface area contributed by atoms with E-state index in [1.807, 2.05) is 32.9 Å². The van der Waals surface area contributed by atoms with Crippen LogP contribution in [0.15, 0.2) is 33.6 Å². The van der Waals surface area contributed by atoms with E-state index in [4.69, 9.17) is 4.52 Å². The Balaban J connectivity index is 1.88. The first-order chi connectivity index (χ1) is 11.5. The second kappa shape index (κ2) is 6.27. The van der Waals surface area contributed by atoms with Crippen molar-refractivity contribution in [3.8, 4) is 0 Å². The molecule has 1 N–H and O–H groups in total. The highest BCUT2D eigenvalue weighted by Crippen LogP contribution is 2.19. The number of carbonyl (C=O) groups excluding carboxylic acids is 1. The van der Waals surface area contributed by atoms with Gasteiger partial charge in [-0.3, -0.25) is 14.9 Å². The third-order valence-electron chi connectivity index (χ3n) is 3.94. The van der Waals surface area contributed by atoms with E-state index in [1.165, 1.54) is 4.68 Å². The Bertz CT molecular complexity index is 972. The second-order valence-corrected chi connectivity index (χ2v) is 5.57. The lowest BCUT2D eigenvalue weighted by molar-refractivity contribution is -0.117. The molecule has 0 aliphatic rings. The summed E-state index contributed by atoms with van der Waals surface area (Å²) in [5.74, 6) is -0.0595. The van der Waals surface area contributed by atoms with Crippen LogP contribution in [0.1, 0.15) is 23.9 Å². The Morgan fingerprint density at radius 2 is 1.92 bits per heavy atom. The van der Waals surface area contributed by atoms with E-state index in [1.54, 1.807) is 12.1 Å². The SMILES string of the molecule is CCc1c(C)noc1NC(=O)Cn1nc(C)c2ccccc2c1=O. The molecular weight excluding hydrogens is 308 g/mol. The second-order valence-electron chi connectivity index (χ2n) is 5.57. The van der Waals surface area contributed by atoms with E-state index in [2.05, 4.69) is 15.6 Å². The number of anilines is 1. The molecule has 0 aliphatic carbocycles. The third-order valence-corrected chi connectivity index (χ3v) is 3.94. The predicted octanol–water partition coefficient (Wildman–Crippen LogP) is 2.20. The van der Waals surface area contributed by atoms with E-state index in [0.29, 0.717) is 23.4 Å². The summed E-state index contributed by atoms with van der Waals surface area (Å²) in [6.45, 7) is 5.39. The Hall–Kier alpha value is -2.96. The van der Waals surface area contributed by atoms with E-state index in [9.17, 15) is 9.59 Å². The normalized spacial score (nSPS) is 11.0. The summed E-state index contributed by atoms with van der Waals surface area (Å²) >= 11 is 0. The molecule has 0 saturated heterocycles. The first-order valence-electron chi connectivity index (χ1n) is 7.72. The van der Waals surface area contributed by atoms with Crippen molar-refractivity contribution in [1.82, 2.24) is 14.9 Å². The minimum Gasteiger partial charge on any atom is -0.338 e. The molecule has 124 valence electrons. The molecule has 0 saturated carbocycles. The van der Waals surface area contributed by atoms with Gasteiger partial charge in [0.25, 0.3) is 5.56 Å². The van der Waals surface area contributed by atoms with Crippen LogP contribution < -0.4 is 10.9 Å². The van der Waals surface area contributed by atoms with Crippen molar-refractivity contribution in [3.05, 3.63) is 51.6 Å². The first kappa shape index (κ1) is 15.9. The number of rotatable bonds is 4. The van der Waals surface area contributed by atoms with Gasteiger partial charge in [-0.15, -0.1) is 0 Å².